The number of piperidine rings is 1. The van der Waals surface area contributed by atoms with Crippen LogP contribution in [0, 0.1) is 0 Å². The molecule has 0 bridgehead atoms. The van der Waals surface area contributed by atoms with Gasteiger partial charge in [-0.1, -0.05) is 54.6 Å². The summed E-state index contributed by atoms with van der Waals surface area (Å²) in [5, 5.41) is 3.00. The molecule has 4 heterocycles. The SMILES string of the molecule is C/C=C\Cn1c(N2CCCC(N)C2)nc2c1c(=O)n(Cc1nc3ccccc3c3ccccc13)c(=O)n2C. The summed E-state index contributed by atoms with van der Waals surface area (Å²) in [4.78, 5) is 39.4. The Morgan fingerprint density at radius 3 is 2.50 bits per heavy atom. The van der Waals surface area contributed by atoms with E-state index in [9.17, 15) is 9.59 Å². The van der Waals surface area contributed by atoms with Crippen LogP contribution in [0.25, 0.3) is 32.8 Å². The molecule has 5 aromatic rings. The number of hydrogen-bond donors (Lipinski definition) is 1. The molecule has 9 nitrogen and oxygen atoms in total. The Morgan fingerprint density at radius 2 is 1.74 bits per heavy atom. The summed E-state index contributed by atoms with van der Waals surface area (Å²) >= 11 is 0. The molecular formula is C29H31N7O2. The maximum atomic E-state index is 14.0. The third-order valence-corrected chi connectivity index (χ3v) is 7.47. The smallest absolute Gasteiger partial charge is 0.332 e. The van der Waals surface area contributed by atoms with E-state index < -0.39 is 5.69 Å². The lowest BCUT2D eigenvalue weighted by Crippen LogP contribution is -2.44. The van der Waals surface area contributed by atoms with E-state index >= 15 is 0 Å². The van der Waals surface area contributed by atoms with Crippen molar-refractivity contribution in [3.05, 3.63) is 87.2 Å². The molecule has 194 valence electrons. The normalized spacial score (nSPS) is 16.4. The van der Waals surface area contributed by atoms with E-state index in [0.717, 1.165) is 41.1 Å². The topological polar surface area (TPSA) is 104 Å². The summed E-state index contributed by atoms with van der Waals surface area (Å²) in [7, 11) is 1.67. The summed E-state index contributed by atoms with van der Waals surface area (Å²) in [6.07, 6.45) is 5.85. The van der Waals surface area contributed by atoms with Crippen LogP contribution in [0.15, 0.2) is 70.3 Å². The van der Waals surface area contributed by atoms with Gasteiger partial charge in [0.15, 0.2) is 11.2 Å². The van der Waals surface area contributed by atoms with E-state index in [1.165, 1.54) is 9.13 Å². The first-order valence-corrected chi connectivity index (χ1v) is 13.1. The van der Waals surface area contributed by atoms with Crippen molar-refractivity contribution in [3.63, 3.8) is 0 Å². The van der Waals surface area contributed by atoms with Gasteiger partial charge < -0.3 is 15.2 Å². The molecule has 6 rings (SSSR count). The molecule has 0 saturated carbocycles. The van der Waals surface area contributed by atoms with Crippen LogP contribution >= 0.6 is 0 Å². The van der Waals surface area contributed by atoms with Crippen LogP contribution in [0.4, 0.5) is 5.95 Å². The van der Waals surface area contributed by atoms with Gasteiger partial charge in [-0.3, -0.25) is 18.9 Å². The Labute approximate surface area is 219 Å². The Hall–Kier alpha value is -4.24. The number of hydrogen-bond acceptors (Lipinski definition) is 6. The molecule has 1 atom stereocenters. The predicted octanol–water partition coefficient (Wildman–Crippen LogP) is 3.15. The van der Waals surface area contributed by atoms with Crippen LogP contribution < -0.4 is 21.9 Å². The van der Waals surface area contributed by atoms with Gasteiger partial charge in [-0.25, -0.2) is 4.79 Å². The minimum atomic E-state index is -0.417. The van der Waals surface area contributed by atoms with Crippen molar-refractivity contribution in [3.8, 4) is 0 Å². The van der Waals surface area contributed by atoms with Gasteiger partial charge in [-0.15, -0.1) is 0 Å². The molecule has 0 radical (unpaired) electrons. The van der Waals surface area contributed by atoms with Crippen molar-refractivity contribution in [2.75, 3.05) is 18.0 Å². The molecule has 0 spiro atoms. The second kappa shape index (κ2) is 9.57. The first-order chi connectivity index (χ1) is 18.5. The lowest BCUT2D eigenvalue weighted by molar-refractivity contribution is 0.495. The number of nitrogens with zero attached hydrogens (tertiary/aromatic N) is 6. The molecule has 1 aliphatic rings. The highest BCUT2D eigenvalue weighted by Crippen LogP contribution is 2.27. The van der Waals surface area contributed by atoms with E-state index in [-0.39, 0.29) is 18.1 Å². The summed E-state index contributed by atoms with van der Waals surface area (Å²) in [6, 6.07) is 16.0. The molecule has 9 heteroatoms. The summed E-state index contributed by atoms with van der Waals surface area (Å²) in [5.41, 5.74) is 7.77. The highest BCUT2D eigenvalue weighted by atomic mass is 16.2. The van der Waals surface area contributed by atoms with Gasteiger partial charge in [0.2, 0.25) is 5.95 Å². The first-order valence-electron chi connectivity index (χ1n) is 13.1. The highest BCUT2D eigenvalue weighted by molar-refractivity contribution is 6.06. The minimum absolute atomic E-state index is 0.0477. The van der Waals surface area contributed by atoms with Gasteiger partial charge in [0.1, 0.15) is 0 Å². The van der Waals surface area contributed by atoms with Crippen LogP contribution in [-0.2, 0) is 20.1 Å². The van der Waals surface area contributed by atoms with E-state index in [1.54, 1.807) is 7.05 Å². The zero-order chi connectivity index (χ0) is 26.4. The average Bonchev–Trinajstić information content (AvgIpc) is 3.33. The molecule has 1 saturated heterocycles. The quantitative estimate of drug-likeness (QED) is 0.288. The number of allylic oxidation sites excluding steroid dienone is 2. The number of benzene rings is 2. The maximum absolute atomic E-state index is 14.0. The van der Waals surface area contributed by atoms with Crippen molar-refractivity contribution < 1.29 is 0 Å². The minimum Gasteiger partial charge on any atom is -0.341 e. The maximum Gasteiger partial charge on any atom is 0.332 e. The van der Waals surface area contributed by atoms with Crippen LogP contribution in [0.5, 0.6) is 0 Å². The van der Waals surface area contributed by atoms with Gasteiger partial charge in [-0.2, -0.15) is 4.98 Å². The lowest BCUT2D eigenvalue weighted by atomic mass is 10.0. The molecule has 0 aliphatic carbocycles. The number of rotatable bonds is 5. The molecule has 2 aromatic carbocycles. The third kappa shape index (κ3) is 3.90. The lowest BCUT2D eigenvalue weighted by Gasteiger charge is -2.31. The van der Waals surface area contributed by atoms with Crippen LogP contribution in [-0.4, -0.2) is 42.8 Å². The number of nitrogens with two attached hydrogens (primary N) is 1. The Kier molecular flexibility index (Phi) is 6.07. The number of para-hydroxylation sites is 1. The van der Waals surface area contributed by atoms with E-state index in [4.69, 9.17) is 15.7 Å². The zero-order valence-electron chi connectivity index (χ0n) is 21.7. The molecule has 2 N–H and O–H groups in total. The Morgan fingerprint density at radius 1 is 1.00 bits per heavy atom. The molecule has 0 amide bonds. The Bertz CT molecular complexity index is 1830. The van der Waals surface area contributed by atoms with Crippen molar-refractivity contribution in [1.82, 2.24) is 23.7 Å². The third-order valence-electron chi connectivity index (χ3n) is 7.47. The molecule has 3 aromatic heterocycles. The molecule has 1 aliphatic heterocycles. The van der Waals surface area contributed by atoms with Crippen molar-refractivity contribution in [1.29, 1.82) is 0 Å². The van der Waals surface area contributed by atoms with Crippen LogP contribution in [0.1, 0.15) is 25.5 Å². The molecule has 38 heavy (non-hydrogen) atoms. The summed E-state index contributed by atoms with van der Waals surface area (Å²) in [6.45, 7) is 3.95. The van der Waals surface area contributed by atoms with Crippen molar-refractivity contribution in [2.24, 2.45) is 12.8 Å². The fraction of sp³-hybridized carbons (Fsp3) is 0.310. The highest BCUT2D eigenvalue weighted by Gasteiger charge is 2.26. The van der Waals surface area contributed by atoms with Crippen molar-refractivity contribution in [2.45, 2.75) is 38.9 Å². The second-order valence-corrected chi connectivity index (χ2v) is 9.97. The van der Waals surface area contributed by atoms with E-state index in [2.05, 4.69) is 11.0 Å². The number of imidazole rings is 1. The van der Waals surface area contributed by atoms with E-state index in [0.29, 0.717) is 35.9 Å². The fourth-order valence-electron chi connectivity index (χ4n) is 5.56. The number of anilines is 1. The standard InChI is InChI=1S/C29H31N7O2/c1-3-4-16-35-25-26(32-28(35)34-15-9-10-19(30)17-34)33(2)29(38)36(27(25)37)18-24-22-13-6-5-11-20(22)21-12-7-8-14-23(21)31-24/h3-8,11-14,19H,9-10,15-18,30H2,1-2H3/b4-3-. The van der Waals surface area contributed by atoms with Gasteiger partial charge in [0.25, 0.3) is 5.56 Å². The predicted molar refractivity (Wildman–Crippen MR) is 152 cm³/mol. The largest absolute Gasteiger partial charge is 0.341 e. The van der Waals surface area contributed by atoms with Crippen LogP contribution in [0.3, 0.4) is 0 Å². The van der Waals surface area contributed by atoms with E-state index in [1.807, 2.05) is 66.1 Å². The number of aromatic nitrogens is 5. The number of pyridine rings is 1. The summed E-state index contributed by atoms with van der Waals surface area (Å²) in [5.74, 6) is 0.673. The van der Waals surface area contributed by atoms with Gasteiger partial charge in [0.05, 0.1) is 17.8 Å². The number of aryl methyl sites for hydroxylation is 1. The Balaban J connectivity index is 1.57. The molecular weight excluding hydrogens is 478 g/mol. The zero-order valence-corrected chi connectivity index (χ0v) is 21.7. The van der Waals surface area contributed by atoms with Gasteiger partial charge in [-0.05, 0) is 31.2 Å². The van der Waals surface area contributed by atoms with Crippen LogP contribution in [0.2, 0.25) is 0 Å². The van der Waals surface area contributed by atoms with Gasteiger partial charge in [0, 0.05) is 43.5 Å². The fourth-order valence-corrected chi connectivity index (χ4v) is 5.56. The average molecular weight is 510 g/mol. The first kappa shape index (κ1) is 24.1. The molecule has 1 fully saturated rings. The number of fused-ring (bicyclic) bond motifs is 4. The second-order valence-electron chi connectivity index (χ2n) is 9.97. The monoisotopic (exact) mass is 509 g/mol. The van der Waals surface area contributed by atoms with Crippen molar-refractivity contribution >= 4 is 38.8 Å². The van der Waals surface area contributed by atoms with Gasteiger partial charge >= 0.3 is 5.69 Å². The molecule has 1 unspecified atom stereocenters. The summed E-state index contributed by atoms with van der Waals surface area (Å²) < 4.78 is 4.67.